The van der Waals surface area contributed by atoms with Gasteiger partial charge in [0.2, 0.25) is 0 Å². The van der Waals surface area contributed by atoms with Crippen LogP contribution in [0.15, 0.2) is 46.9 Å². The minimum Gasteiger partial charge on any atom is -0.496 e. The van der Waals surface area contributed by atoms with Gasteiger partial charge in [0, 0.05) is 0 Å². The Morgan fingerprint density at radius 3 is 2.47 bits per heavy atom. The summed E-state index contributed by atoms with van der Waals surface area (Å²) in [5.74, 6) is 6.52. The van der Waals surface area contributed by atoms with E-state index in [9.17, 15) is 0 Å². The number of benzene rings is 2. The zero-order valence-electron chi connectivity index (χ0n) is 11.0. The third-order valence-electron chi connectivity index (χ3n) is 3.05. The number of nitrogens with one attached hydrogen (secondary N) is 1. The Kier molecular flexibility index (Phi) is 4.58. The Labute approximate surface area is 121 Å². The Morgan fingerprint density at radius 2 is 1.89 bits per heavy atom. The molecule has 1 unspecified atom stereocenters. The summed E-state index contributed by atoms with van der Waals surface area (Å²) in [5.41, 5.74) is 6.30. The van der Waals surface area contributed by atoms with Crippen LogP contribution in [0.4, 0.5) is 0 Å². The predicted molar refractivity (Wildman–Crippen MR) is 81.0 cm³/mol. The topological polar surface area (TPSA) is 47.3 Å². The highest BCUT2D eigenvalue weighted by atomic mass is 79.9. The summed E-state index contributed by atoms with van der Waals surface area (Å²) < 4.78 is 6.16. The normalized spacial score (nSPS) is 12.2. The Hall–Kier alpha value is -1.36. The first-order valence-corrected chi connectivity index (χ1v) is 6.81. The molecule has 3 N–H and O–H groups in total. The Bertz CT molecular complexity index is 572. The maximum Gasteiger partial charge on any atom is 0.133 e. The molecule has 0 aromatic heterocycles. The smallest absolute Gasteiger partial charge is 0.133 e. The van der Waals surface area contributed by atoms with Crippen molar-refractivity contribution in [2.45, 2.75) is 13.0 Å². The first-order valence-electron chi connectivity index (χ1n) is 6.02. The fraction of sp³-hybridized carbons (Fsp3) is 0.200. The average Bonchev–Trinajstić information content (AvgIpc) is 2.40. The van der Waals surface area contributed by atoms with Crippen LogP contribution in [0.3, 0.4) is 0 Å². The number of hydrogen-bond donors (Lipinski definition) is 2. The second kappa shape index (κ2) is 6.19. The Morgan fingerprint density at radius 1 is 1.16 bits per heavy atom. The van der Waals surface area contributed by atoms with Gasteiger partial charge in [0.15, 0.2) is 0 Å². The van der Waals surface area contributed by atoms with Gasteiger partial charge in [-0.25, -0.2) is 5.43 Å². The van der Waals surface area contributed by atoms with Gasteiger partial charge in [0.05, 0.1) is 17.6 Å². The highest BCUT2D eigenvalue weighted by molar-refractivity contribution is 9.10. The number of halogens is 1. The zero-order chi connectivity index (χ0) is 13.8. The SMILES string of the molecule is COc1ccc(C(NN)c2cccc(C)c2)cc1Br. The highest BCUT2D eigenvalue weighted by Gasteiger charge is 2.14. The van der Waals surface area contributed by atoms with E-state index >= 15 is 0 Å². The van der Waals surface area contributed by atoms with Crippen LogP contribution < -0.4 is 16.0 Å². The van der Waals surface area contributed by atoms with Gasteiger partial charge in [-0.2, -0.15) is 0 Å². The molecule has 0 heterocycles. The van der Waals surface area contributed by atoms with Crippen LogP contribution in [-0.2, 0) is 0 Å². The molecule has 0 aliphatic rings. The van der Waals surface area contributed by atoms with Crippen molar-refractivity contribution >= 4 is 15.9 Å². The number of aryl methyl sites for hydroxylation is 1. The van der Waals surface area contributed by atoms with Gasteiger partial charge in [0.1, 0.15) is 5.75 Å². The van der Waals surface area contributed by atoms with Crippen molar-refractivity contribution in [3.63, 3.8) is 0 Å². The second-order valence-electron chi connectivity index (χ2n) is 4.41. The van der Waals surface area contributed by atoms with Gasteiger partial charge in [-0.15, -0.1) is 0 Å². The van der Waals surface area contributed by atoms with Crippen molar-refractivity contribution in [1.82, 2.24) is 5.43 Å². The van der Waals surface area contributed by atoms with E-state index in [4.69, 9.17) is 10.6 Å². The third-order valence-corrected chi connectivity index (χ3v) is 3.67. The van der Waals surface area contributed by atoms with Crippen LogP contribution in [0.2, 0.25) is 0 Å². The average molecular weight is 321 g/mol. The zero-order valence-corrected chi connectivity index (χ0v) is 12.6. The van der Waals surface area contributed by atoms with Gasteiger partial charge in [-0.1, -0.05) is 35.9 Å². The lowest BCUT2D eigenvalue weighted by molar-refractivity contribution is 0.411. The number of rotatable bonds is 4. The van der Waals surface area contributed by atoms with Crippen LogP contribution in [-0.4, -0.2) is 7.11 Å². The second-order valence-corrected chi connectivity index (χ2v) is 5.26. The summed E-state index contributed by atoms with van der Waals surface area (Å²) in [4.78, 5) is 0. The lowest BCUT2D eigenvalue weighted by Crippen LogP contribution is -2.28. The molecule has 1 atom stereocenters. The van der Waals surface area contributed by atoms with Crippen molar-refractivity contribution in [3.05, 3.63) is 63.6 Å². The standard InChI is InChI=1S/C15H17BrN2O/c1-10-4-3-5-11(8-10)15(18-17)12-6-7-14(19-2)13(16)9-12/h3-9,15,18H,17H2,1-2H3. The molecule has 0 amide bonds. The van der Waals surface area contributed by atoms with Gasteiger partial charge in [-0.3, -0.25) is 5.84 Å². The van der Waals surface area contributed by atoms with Crippen molar-refractivity contribution in [3.8, 4) is 5.75 Å². The van der Waals surface area contributed by atoms with Crippen LogP contribution in [0.5, 0.6) is 5.75 Å². The van der Waals surface area contributed by atoms with Gasteiger partial charge in [-0.05, 0) is 46.1 Å². The van der Waals surface area contributed by atoms with Crippen molar-refractivity contribution < 1.29 is 4.74 Å². The summed E-state index contributed by atoms with van der Waals surface area (Å²) in [6.07, 6.45) is 0. The minimum atomic E-state index is -0.0397. The molecule has 0 saturated carbocycles. The van der Waals surface area contributed by atoms with Crippen LogP contribution in [0.25, 0.3) is 0 Å². The third kappa shape index (κ3) is 3.15. The summed E-state index contributed by atoms with van der Waals surface area (Å²) in [6, 6.07) is 14.2. The van der Waals surface area contributed by atoms with Crippen LogP contribution in [0, 0.1) is 6.92 Å². The molecule has 4 heteroatoms. The minimum absolute atomic E-state index is 0.0397. The molecule has 2 rings (SSSR count). The highest BCUT2D eigenvalue weighted by Crippen LogP contribution is 2.30. The maximum absolute atomic E-state index is 5.71. The molecule has 0 aliphatic heterocycles. The molecule has 0 spiro atoms. The lowest BCUT2D eigenvalue weighted by Gasteiger charge is -2.18. The maximum atomic E-state index is 5.71. The summed E-state index contributed by atoms with van der Waals surface area (Å²) in [6.45, 7) is 2.07. The van der Waals surface area contributed by atoms with E-state index in [-0.39, 0.29) is 6.04 Å². The molecule has 0 fully saturated rings. The van der Waals surface area contributed by atoms with Crippen molar-refractivity contribution in [2.75, 3.05) is 7.11 Å². The molecule has 0 saturated heterocycles. The van der Waals surface area contributed by atoms with Crippen molar-refractivity contribution in [1.29, 1.82) is 0 Å². The summed E-state index contributed by atoms with van der Waals surface area (Å²) in [5, 5.41) is 0. The number of ether oxygens (including phenoxy) is 1. The Balaban J connectivity index is 2.39. The monoisotopic (exact) mass is 320 g/mol. The molecule has 2 aromatic rings. The molecule has 19 heavy (non-hydrogen) atoms. The fourth-order valence-electron chi connectivity index (χ4n) is 2.10. The van der Waals surface area contributed by atoms with Crippen LogP contribution in [0.1, 0.15) is 22.7 Å². The number of hydrogen-bond acceptors (Lipinski definition) is 3. The summed E-state index contributed by atoms with van der Waals surface area (Å²) in [7, 11) is 1.65. The predicted octanol–water partition coefficient (Wildman–Crippen LogP) is 3.32. The van der Waals surface area contributed by atoms with E-state index in [1.165, 1.54) is 5.56 Å². The number of methoxy groups -OCH3 is 1. The molecular formula is C15H17BrN2O. The molecular weight excluding hydrogens is 304 g/mol. The number of hydrazine groups is 1. The number of nitrogens with two attached hydrogens (primary N) is 1. The van der Waals surface area contributed by atoms with E-state index in [0.29, 0.717) is 0 Å². The van der Waals surface area contributed by atoms with Gasteiger partial charge in [0.25, 0.3) is 0 Å². The van der Waals surface area contributed by atoms with Gasteiger partial charge >= 0.3 is 0 Å². The fourth-order valence-corrected chi connectivity index (χ4v) is 2.66. The van der Waals surface area contributed by atoms with E-state index in [2.05, 4.69) is 46.5 Å². The summed E-state index contributed by atoms with van der Waals surface area (Å²) >= 11 is 3.50. The molecule has 3 nitrogen and oxygen atoms in total. The molecule has 0 bridgehead atoms. The van der Waals surface area contributed by atoms with E-state index in [1.54, 1.807) is 7.11 Å². The first-order chi connectivity index (χ1) is 9.15. The van der Waals surface area contributed by atoms with E-state index < -0.39 is 0 Å². The largest absolute Gasteiger partial charge is 0.496 e. The molecule has 100 valence electrons. The van der Waals surface area contributed by atoms with E-state index in [0.717, 1.165) is 21.3 Å². The molecule has 0 radical (unpaired) electrons. The first kappa shape index (κ1) is 14.1. The van der Waals surface area contributed by atoms with Crippen LogP contribution >= 0.6 is 15.9 Å². The van der Waals surface area contributed by atoms with Gasteiger partial charge < -0.3 is 4.74 Å². The molecule has 0 aliphatic carbocycles. The lowest BCUT2D eigenvalue weighted by atomic mass is 9.98. The quantitative estimate of drug-likeness (QED) is 0.671. The van der Waals surface area contributed by atoms with E-state index in [1.807, 2.05) is 24.3 Å². The molecule has 2 aromatic carbocycles. The van der Waals surface area contributed by atoms with Crippen molar-refractivity contribution in [2.24, 2.45) is 5.84 Å².